The summed E-state index contributed by atoms with van der Waals surface area (Å²) in [5.41, 5.74) is 0. The Morgan fingerprint density at radius 1 is 0.416 bits per heavy atom. The average molecular weight is 1250 g/mol. The van der Waals surface area contributed by atoms with Crippen molar-refractivity contribution in [3.63, 3.8) is 0 Å². The molecular formula is C75H127NO13. The van der Waals surface area contributed by atoms with E-state index in [0.717, 1.165) is 109 Å². The molecule has 14 heteroatoms. The molecule has 2 aliphatic rings. The van der Waals surface area contributed by atoms with Gasteiger partial charge in [-0.3, -0.25) is 4.79 Å². The maximum absolute atomic E-state index is 13.3. The quantitative estimate of drug-likeness (QED) is 0.0204. The lowest BCUT2D eigenvalue weighted by atomic mass is 9.97. The van der Waals surface area contributed by atoms with Crippen molar-refractivity contribution in [1.82, 2.24) is 5.32 Å². The predicted molar refractivity (Wildman–Crippen MR) is 364 cm³/mol. The Morgan fingerprint density at radius 3 is 1.19 bits per heavy atom. The number of aliphatic hydroxyl groups excluding tert-OH is 8. The minimum Gasteiger partial charge on any atom is -0.394 e. The summed E-state index contributed by atoms with van der Waals surface area (Å²) in [6.45, 7) is 2.68. The molecule has 12 atom stereocenters. The lowest BCUT2D eigenvalue weighted by Gasteiger charge is -2.46. The Morgan fingerprint density at radius 2 is 0.775 bits per heavy atom. The molecule has 0 aromatic rings. The zero-order chi connectivity index (χ0) is 64.5. The van der Waals surface area contributed by atoms with Crippen LogP contribution in [0.15, 0.2) is 122 Å². The number of ether oxygens (including phenoxy) is 4. The van der Waals surface area contributed by atoms with Crippen LogP contribution in [0.4, 0.5) is 0 Å². The highest BCUT2D eigenvalue weighted by Crippen LogP contribution is 2.30. The van der Waals surface area contributed by atoms with Gasteiger partial charge in [-0.05, 0) is 89.9 Å². The molecule has 0 radical (unpaired) electrons. The van der Waals surface area contributed by atoms with Crippen LogP contribution in [0.5, 0.6) is 0 Å². The summed E-state index contributed by atoms with van der Waals surface area (Å²) in [7, 11) is 0. The van der Waals surface area contributed by atoms with E-state index in [1.807, 2.05) is 6.08 Å². The molecule has 0 aromatic heterocycles. The maximum atomic E-state index is 13.3. The minimum atomic E-state index is -1.80. The molecular weight excluding hydrogens is 1120 g/mol. The molecule has 9 N–H and O–H groups in total. The maximum Gasteiger partial charge on any atom is 0.220 e. The molecule has 0 aliphatic carbocycles. The first-order valence-corrected chi connectivity index (χ1v) is 35.3. The van der Waals surface area contributed by atoms with Crippen LogP contribution in [-0.2, 0) is 23.7 Å². The third kappa shape index (κ3) is 42.3. The van der Waals surface area contributed by atoms with Crippen LogP contribution >= 0.6 is 0 Å². The average Bonchev–Trinajstić information content (AvgIpc) is 2.75. The van der Waals surface area contributed by atoms with E-state index in [1.165, 1.54) is 116 Å². The molecule has 510 valence electrons. The Hall–Kier alpha value is -3.61. The van der Waals surface area contributed by atoms with Crippen molar-refractivity contribution in [3.8, 4) is 0 Å². The Balaban J connectivity index is 1.71. The topological polar surface area (TPSA) is 228 Å². The van der Waals surface area contributed by atoms with Crippen molar-refractivity contribution in [1.29, 1.82) is 0 Å². The smallest absolute Gasteiger partial charge is 0.220 e. The molecule has 14 nitrogen and oxygen atoms in total. The van der Waals surface area contributed by atoms with Gasteiger partial charge in [-0.1, -0.05) is 277 Å². The number of amides is 1. The number of allylic oxidation sites excluding steroid dienone is 19. The summed E-state index contributed by atoms with van der Waals surface area (Å²) in [6.07, 6.45) is 68.1. The number of carbonyl (C=O) groups excluding carboxylic acids is 1. The Labute approximate surface area is 539 Å². The predicted octanol–water partition coefficient (Wildman–Crippen LogP) is 14.5. The lowest BCUT2D eigenvalue weighted by molar-refractivity contribution is -0.359. The van der Waals surface area contributed by atoms with Gasteiger partial charge in [0.15, 0.2) is 12.6 Å². The van der Waals surface area contributed by atoms with Gasteiger partial charge in [-0.25, -0.2) is 0 Å². The number of hydrogen-bond acceptors (Lipinski definition) is 13. The van der Waals surface area contributed by atoms with Crippen molar-refractivity contribution in [2.24, 2.45) is 0 Å². The normalized spacial score (nSPS) is 23.8. The zero-order valence-corrected chi connectivity index (χ0v) is 55.4. The summed E-state index contributed by atoms with van der Waals surface area (Å²) in [5, 5.41) is 87.4. The van der Waals surface area contributed by atoms with E-state index in [0.29, 0.717) is 6.42 Å². The molecule has 0 aromatic carbocycles. The molecule has 2 fully saturated rings. The molecule has 0 spiro atoms. The Bertz CT molecular complexity index is 1960. The van der Waals surface area contributed by atoms with Crippen LogP contribution < -0.4 is 5.32 Å². The van der Waals surface area contributed by atoms with Gasteiger partial charge < -0.3 is 65.1 Å². The number of nitrogens with one attached hydrogen (secondary N) is 1. The second-order valence-electron chi connectivity index (χ2n) is 24.3. The first-order chi connectivity index (χ1) is 43.6. The zero-order valence-electron chi connectivity index (χ0n) is 55.4. The summed E-state index contributed by atoms with van der Waals surface area (Å²) >= 11 is 0. The molecule has 2 saturated heterocycles. The standard InChI is InChI=1S/C75H127NO13/c1-3-5-7-9-11-13-15-17-19-21-23-25-27-28-29-30-31-32-33-34-35-36-37-39-41-43-45-47-49-51-53-55-57-59-67(80)76-63(62-86-74-72(85)70(83)73(66(61-78)88-74)89-75-71(84)69(82)68(81)65(60-77)87-75)64(79)58-56-54-52-50-48-46-44-42-40-38-26-24-22-20-18-16-14-12-10-8-6-4-2/h5,7,11,13,17,19,23,25,28-29,31-32,34-35,37,39,43,45,56,58,63-66,68-75,77-79,81-85H,3-4,6,8-10,12,14-16,18,20-22,24,26-27,30,33,36,38,40-42,44,46-55,57,59-62H2,1-2H3,(H,76,80)/b7-5-,13-11-,19-17-,25-23-,29-28-,32-31-,35-34-,39-37-,45-43-,58-56+. The van der Waals surface area contributed by atoms with E-state index in [-0.39, 0.29) is 18.9 Å². The van der Waals surface area contributed by atoms with E-state index < -0.39 is 86.8 Å². The second-order valence-corrected chi connectivity index (χ2v) is 24.3. The van der Waals surface area contributed by atoms with Gasteiger partial charge >= 0.3 is 0 Å². The molecule has 0 saturated carbocycles. The van der Waals surface area contributed by atoms with Gasteiger partial charge in [0.2, 0.25) is 5.91 Å². The van der Waals surface area contributed by atoms with E-state index >= 15 is 0 Å². The minimum absolute atomic E-state index is 0.251. The highest BCUT2D eigenvalue weighted by molar-refractivity contribution is 5.76. The monoisotopic (exact) mass is 1250 g/mol. The lowest BCUT2D eigenvalue weighted by Crippen LogP contribution is -2.65. The van der Waals surface area contributed by atoms with Crippen molar-refractivity contribution in [2.45, 2.75) is 325 Å². The van der Waals surface area contributed by atoms with E-state index in [2.05, 4.69) is 129 Å². The van der Waals surface area contributed by atoms with Crippen LogP contribution in [0.25, 0.3) is 0 Å². The molecule has 89 heavy (non-hydrogen) atoms. The number of carbonyl (C=O) groups is 1. The van der Waals surface area contributed by atoms with Crippen molar-refractivity contribution in [3.05, 3.63) is 122 Å². The summed E-state index contributed by atoms with van der Waals surface area (Å²) in [5.74, 6) is -0.261. The highest BCUT2D eigenvalue weighted by Gasteiger charge is 2.51. The van der Waals surface area contributed by atoms with Crippen LogP contribution in [-0.4, -0.2) is 140 Å². The third-order valence-corrected chi connectivity index (χ3v) is 16.4. The highest BCUT2D eigenvalue weighted by atomic mass is 16.7. The van der Waals surface area contributed by atoms with Gasteiger partial charge in [-0.15, -0.1) is 0 Å². The SMILES string of the molecule is CC/C=C\C/C=C\C/C=C\C/C=C\C/C=C\C/C=C\C/C=C\C/C=C\C/C=C\CCCCCCCC(=O)NC(COC1OC(CO)C(OC2OC(CO)C(O)C(O)C2O)C(O)C1O)C(O)/C=C/CCCCCCCCCCCCCCCCCCCCCC. The van der Waals surface area contributed by atoms with Crippen molar-refractivity contribution >= 4 is 5.91 Å². The van der Waals surface area contributed by atoms with Gasteiger partial charge in [-0.2, -0.15) is 0 Å². The fourth-order valence-corrected chi connectivity index (χ4v) is 10.8. The van der Waals surface area contributed by atoms with E-state index in [4.69, 9.17) is 18.9 Å². The third-order valence-electron chi connectivity index (χ3n) is 16.4. The van der Waals surface area contributed by atoms with Gasteiger partial charge in [0.25, 0.3) is 0 Å². The largest absolute Gasteiger partial charge is 0.394 e. The summed E-state index contributed by atoms with van der Waals surface area (Å²) in [6, 6.07) is -0.936. The summed E-state index contributed by atoms with van der Waals surface area (Å²) < 4.78 is 22.8. The number of rotatable bonds is 56. The molecule has 2 aliphatic heterocycles. The van der Waals surface area contributed by atoms with Crippen molar-refractivity contribution < 1.29 is 64.6 Å². The van der Waals surface area contributed by atoms with Crippen LogP contribution in [0, 0.1) is 0 Å². The van der Waals surface area contributed by atoms with Crippen LogP contribution in [0.2, 0.25) is 0 Å². The van der Waals surface area contributed by atoms with Gasteiger partial charge in [0.1, 0.15) is 48.8 Å². The second kappa shape index (κ2) is 58.2. The van der Waals surface area contributed by atoms with Crippen molar-refractivity contribution in [2.75, 3.05) is 19.8 Å². The van der Waals surface area contributed by atoms with Gasteiger partial charge in [0.05, 0.1) is 32.0 Å². The molecule has 2 heterocycles. The Kier molecular flexibility index (Phi) is 53.3. The molecule has 0 bridgehead atoms. The number of aliphatic hydroxyl groups is 8. The van der Waals surface area contributed by atoms with Gasteiger partial charge in [0, 0.05) is 6.42 Å². The molecule has 12 unspecified atom stereocenters. The fraction of sp³-hybridized carbons (Fsp3) is 0.720. The first kappa shape index (κ1) is 81.5. The molecule has 2 rings (SSSR count). The fourth-order valence-electron chi connectivity index (χ4n) is 10.8. The van der Waals surface area contributed by atoms with E-state index in [1.54, 1.807) is 6.08 Å². The molecule has 1 amide bonds. The number of unbranched alkanes of at least 4 members (excludes halogenated alkanes) is 25. The van der Waals surface area contributed by atoms with E-state index in [9.17, 15) is 45.6 Å². The van der Waals surface area contributed by atoms with Crippen LogP contribution in [0.1, 0.15) is 251 Å². The number of hydrogen-bond donors (Lipinski definition) is 9. The summed E-state index contributed by atoms with van der Waals surface area (Å²) in [4.78, 5) is 13.3. The first-order valence-electron chi connectivity index (χ1n) is 35.3. The van der Waals surface area contributed by atoms with Crippen LogP contribution in [0.3, 0.4) is 0 Å².